The smallest absolute Gasteiger partial charge is 0.312 e. The summed E-state index contributed by atoms with van der Waals surface area (Å²) in [6.07, 6.45) is 0. The Morgan fingerprint density at radius 2 is 1.87 bits per heavy atom. The molecule has 2 aromatic carbocycles. The van der Waals surface area contributed by atoms with Gasteiger partial charge in [-0.1, -0.05) is 12.1 Å². The molecule has 0 atom stereocenters. The molecule has 3 aromatic rings. The van der Waals surface area contributed by atoms with E-state index in [0.29, 0.717) is 55.0 Å². The number of nitro benzene ring substituents is 1. The monoisotopic (exact) mass is 409 g/mol. The van der Waals surface area contributed by atoms with E-state index in [4.69, 9.17) is 4.74 Å². The number of aromatic hydroxyl groups is 2. The topological polar surface area (TPSA) is 134 Å². The van der Waals surface area contributed by atoms with E-state index in [9.17, 15) is 20.3 Å². The number of benzene rings is 2. The Morgan fingerprint density at radius 3 is 2.60 bits per heavy atom. The minimum absolute atomic E-state index is 0.114. The second-order valence-corrected chi connectivity index (χ2v) is 6.67. The van der Waals surface area contributed by atoms with Gasteiger partial charge in [0.2, 0.25) is 5.95 Å². The average molecular weight is 409 g/mol. The Morgan fingerprint density at radius 1 is 1.07 bits per heavy atom. The van der Waals surface area contributed by atoms with Crippen molar-refractivity contribution >= 4 is 23.1 Å². The van der Waals surface area contributed by atoms with Crippen LogP contribution >= 0.6 is 0 Å². The summed E-state index contributed by atoms with van der Waals surface area (Å²) in [6, 6.07) is 12.4. The number of hydrogen-bond acceptors (Lipinski definition) is 9. The van der Waals surface area contributed by atoms with Crippen molar-refractivity contribution < 1.29 is 19.9 Å². The fourth-order valence-electron chi connectivity index (χ4n) is 3.11. The molecule has 1 saturated heterocycles. The molecular formula is C20H19N5O5. The number of nitrogens with one attached hydrogen (secondary N) is 1. The van der Waals surface area contributed by atoms with Gasteiger partial charge in [0.05, 0.1) is 23.8 Å². The number of rotatable bonds is 5. The maximum atomic E-state index is 11.1. The van der Waals surface area contributed by atoms with Crippen LogP contribution in [-0.2, 0) is 4.74 Å². The number of aromatic nitrogens is 2. The molecule has 1 aromatic heterocycles. The van der Waals surface area contributed by atoms with Crippen molar-refractivity contribution in [3.63, 3.8) is 0 Å². The van der Waals surface area contributed by atoms with Gasteiger partial charge >= 0.3 is 5.69 Å². The maximum Gasteiger partial charge on any atom is 0.312 e. The van der Waals surface area contributed by atoms with E-state index >= 15 is 0 Å². The van der Waals surface area contributed by atoms with Gasteiger partial charge in [-0.25, -0.2) is 4.98 Å². The molecule has 1 aliphatic rings. The van der Waals surface area contributed by atoms with Gasteiger partial charge in [-0.2, -0.15) is 4.98 Å². The van der Waals surface area contributed by atoms with Crippen LogP contribution in [0.15, 0.2) is 48.5 Å². The lowest BCUT2D eigenvalue weighted by Crippen LogP contribution is -2.37. The zero-order valence-electron chi connectivity index (χ0n) is 15.9. The highest BCUT2D eigenvalue weighted by atomic mass is 16.6. The number of morpholine rings is 1. The molecule has 30 heavy (non-hydrogen) atoms. The van der Waals surface area contributed by atoms with Crippen molar-refractivity contribution in [3.8, 4) is 22.8 Å². The molecule has 0 unspecified atom stereocenters. The summed E-state index contributed by atoms with van der Waals surface area (Å²) in [5.41, 5.74) is 1.27. The predicted octanol–water partition coefficient (Wildman–Crippen LogP) is 3.04. The van der Waals surface area contributed by atoms with Crippen LogP contribution in [0.4, 0.5) is 23.1 Å². The van der Waals surface area contributed by atoms with Gasteiger partial charge in [0.15, 0.2) is 5.75 Å². The highest BCUT2D eigenvalue weighted by molar-refractivity contribution is 5.70. The molecule has 3 N–H and O–H groups in total. The zero-order chi connectivity index (χ0) is 21.1. The van der Waals surface area contributed by atoms with Crippen LogP contribution in [0.5, 0.6) is 11.5 Å². The lowest BCUT2D eigenvalue weighted by Gasteiger charge is -2.27. The number of ether oxygens (including phenoxy) is 1. The number of phenols is 2. The van der Waals surface area contributed by atoms with E-state index in [-0.39, 0.29) is 5.75 Å². The number of nitro groups is 1. The van der Waals surface area contributed by atoms with Crippen molar-refractivity contribution in [2.45, 2.75) is 0 Å². The fourth-order valence-corrected chi connectivity index (χ4v) is 3.11. The normalized spacial score (nSPS) is 13.8. The van der Waals surface area contributed by atoms with E-state index in [1.54, 1.807) is 24.3 Å². The standard InChI is InChI=1S/C20H19N5O5/c26-15-3-1-2-13(10-15)16-12-19(23-20(22-16)24-6-8-30-9-7-24)21-14-4-5-18(27)17(11-14)25(28)29/h1-5,10-12,26-27H,6-9H2,(H,21,22,23). The molecule has 10 heteroatoms. The molecule has 4 rings (SSSR count). The van der Waals surface area contributed by atoms with Crippen molar-refractivity contribution in [1.82, 2.24) is 9.97 Å². The Kier molecular flexibility index (Phi) is 5.31. The first kappa shape index (κ1) is 19.4. The number of nitrogens with zero attached hydrogens (tertiary/aromatic N) is 4. The quantitative estimate of drug-likeness (QED) is 0.330. The summed E-state index contributed by atoms with van der Waals surface area (Å²) >= 11 is 0. The molecule has 154 valence electrons. The average Bonchev–Trinajstić information content (AvgIpc) is 2.75. The van der Waals surface area contributed by atoms with E-state index in [0.717, 1.165) is 0 Å². The molecule has 1 fully saturated rings. The summed E-state index contributed by atoms with van der Waals surface area (Å²) in [6.45, 7) is 2.39. The van der Waals surface area contributed by atoms with Crippen molar-refractivity contribution in [2.75, 3.05) is 36.5 Å². The SMILES string of the molecule is O=[N+]([O-])c1cc(Nc2cc(-c3cccc(O)c3)nc(N3CCOCC3)n2)ccc1O. The van der Waals surface area contributed by atoms with Crippen molar-refractivity contribution in [3.05, 3.63) is 58.6 Å². The van der Waals surface area contributed by atoms with Crippen LogP contribution in [0.2, 0.25) is 0 Å². The zero-order valence-corrected chi connectivity index (χ0v) is 15.9. The van der Waals surface area contributed by atoms with Crippen molar-refractivity contribution in [1.29, 1.82) is 0 Å². The number of phenolic OH excluding ortho intramolecular Hbond substituents is 2. The minimum Gasteiger partial charge on any atom is -0.508 e. The first-order valence-electron chi connectivity index (χ1n) is 9.25. The highest BCUT2D eigenvalue weighted by Gasteiger charge is 2.18. The Bertz CT molecular complexity index is 1080. The second-order valence-electron chi connectivity index (χ2n) is 6.67. The third-order valence-corrected chi connectivity index (χ3v) is 4.59. The van der Waals surface area contributed by atoms with E-state index in [1.807, 2.05) is 11.0 Å². The largest absolute Gasteiger partial charge is 0.508 e. The van der Waals surface area contributed by atoms with Gasteiger partial charge in [0, 0.05) is 36.5 Å². The van der Waals surface area contributed by atoms with Gasteiger partial charge in [-0.3, -0.25) is 10.1 Å². The summed E-state index contributed by atoms with van der Waals surface area (Å²) in [4.78, 5) is 21.6. The minimum atomic E-state index is -0.655. The fraction of sp³-hybridized carbons (Fsp3) is 0.200. The van der Waals surface area contributed by atoms with Crippen LogP contribution in [0, 0.1) is 10.1 Å². The first-order valence-corrected chi connectivity index (χ1v) is 9.25. The summed E-state index contributed by atoms with van der Waals surface area (Å²) in [5.74, 6) is 0.602. The third kappa shape index (κ3) is 4.23. The molecule has 10 nitrogen and oxygen atoms in total. The molecule has 1 aliphatic heterocycles. The Labute approximate surface area is 171 Å². The number of hydrogen-bond donors (Lipinski definition) is 3. The molecule has 0 bridgehead atoms. The Hall–Kier alpha value is -3.92. The lowest BCUT2D eigenvalue weighted by molar-refractivity contribution is -0.385. The maximum absolute atomic E-state index is 11.1. The van der Waals surface area contributed by atoms with Crippen LogP contribution in [0.3, 0.4) is 0 Å². The second kappa shape index (κ2) is 8.21. The molecule has 0 amide bonds. The van der Waals surface area contributed by atoms with E-state index in [2.05, 4.69) is 15.3 Å². The van der Waals surface area contributed by atoms with Gasteiger partial charge in [-0.15, -0.1) is 0 Å². The van der Waals surface area contributed by atoms with Crippen LogP contribution in [-0.4, -0.2) is 51.4 Å². The molecule has 0 aliphatic carbocycles. The molecule has 0 spiro atoms. The van der Waals surface area contributed by atoms with Crippen LogP contribution < -0.4 is 10.2 Å². The van der Waals surface area contributed by atoms with Crippen LogP contribution in [0.25, 0.3) is 11.3 Å². The van der Waals surface area contributed by atoms with Gasteiger partial charge in [-0.05, 0) is 24.3 Å². The van der Waals surface area contributed by atoms with Gasteiger partial charge in [0.1, 0.15) is 11.6 Å². The van der Waals surface area contributed by atoms with E-state index in [1.165, 1.54) is 18.2 Å². The van der Waals surface area contributed by atoms with Gasteiger partial charge in [0.25, 0.3) is 0 Å². The predicted molar refractivity (Wildman–Crippen MR) is 110 cm³/mol. The van der Waals surface area contributed by atoms with Crippen molar-refractivity contribution in [2.24, 2.45) is 0 Å². The number of anilines is 3. The first-order chi connectivity index (χ1) is 14.5. The Balaban J connectivity index is 1.74. The summed E-state index contributed by atoms with van der Waals surface area (Å²) in [5, 5.41) is 33.7. The summed E-state index contributed by atoms with van der Waals surface area (Å²) < 4.78 is 5.39. The van der Waals surface area contributed by atoms with Crippen LogP contribution in [0.1, 0.15) is 0 Å². The molecule has 0 saturated carbocycles. The van der Waals surface area contributed by atoms with E-state index < -0.39 is 16.4 Å². The van der Waals surface area contributed by atoms with Gasteiger partial charge < -0.3 is 25.2 Å². The lowest BCUT2D eigenvalue weighted by atomic mass is 10.1. The summed E-state index contributed by atoms with van der Waals surface area (Å²) in [7, 11) is 0. The third-order valence-electron chi connectivity index (χ3n) is 4.59. The molecule has 0 radical (unpaired) electrons. The highest BCUT2D eigenvalue weighted by Crippen LogP contribution is 2.31. The molecule has 2 heterocycles. The molecular weight excluding hydrogens is 390 g/mol.